The van der Waals surface area contributed by atoms with E-state index in [0.717, 1.165) is 17.3 Å². The van der Waals surface area contributed by atoms with Gasteiger partial charge in [0.2, 0.25) is 17.8 Å². The smallest absolute Gasteiger partial charge is 0.422 e. The molecule has 2 aliphatic heterocycles. The number of pyridine rings is 1. The van der Waals surface area contributed by atoms with Crippen molar-refractivity contribution in [3.63, 3.8) is 0 Å². The minimum absolute atomic E-state index is 0.318. The highest BCUT2D eigenvalue weighted by Crippen LogP contribution is 2.50. The number of imidazole rings is 1. The number of carbonyl (C=O) groups is 1. The Kier molecular flexibility index (Phi) is 4.92. The van der Waals surface area contributed by atoms with E-state index >= 15 is 4.39 Å². The van der Waals surface area contributed by atoms with Gasteiger partial charge in [0.05, 0.1) is 18.0 Å². The van der Waals surface area contributed by atoms with Crippen molar-refractivity contribution in [2.45, 2.75) is 64.6 Å². The maximum absolute atomic E-state index is 15.3. The number of esters is 1. The third-order valence-corrected chi connectivity index (χ3v) is 7.75. The second-order valence-electron chi connectivity index (χ2n) is 9.36. The molecule has 1 aromatic carbocycles. The van der Waals surface area contributed by atoms with Crippen LogP contribution in [0, 0.1) is 25.5 Å². The second kappa shape index (κ2) is 7.47. The summed E-state index contributed by atoms with van der Waals surface area (Å²) in [4.78, 5) is 13.1. The van der Waals surface area contributed by atoms with E-state index in [4.69, 9.17) is 4.74 Å². The molecule has 0 bridgehead atoms. The van der Waals surface area contributed by atoms with E-state index in [-0.39, 0.29) is 12.0 Å². The third kappa shape index (κ3) is 2.97. The van der Waals surface area contributed by atoms with Crippen molar-refractivity contribution < 1.29 is 27.4 Å². The molecule has 0 radical (unpaired) electrons. The third-order valence-electron chi connectivity index (χ3n) is 7.75. The molecule has 0 spiro atoms. The van der Waals surface area contributed by atoms with E-state index in [1.54, 1.807) is 0 Å². The molecule has 0 amide bonds. The fraction of sp³-hybridized carbons (Fsp3) is 0.423. The van der Waals surface area contributed by atoms with Gasteiger partial charge in [-0.1, -0.05) is 13.8 Å². The molecule has 0 N–H and O–H groups in total. The van der Waals surface area contributed by atoms with Crippen LogP contribution >= 0.6 is 0 Å². The van der Waals surface area contributed by atoms with Gasteiger partial charge in [-0.3, -0.25) is 0 Å². The predicted octanol–water partition coefficient (Wildman–Crippen LogP) is 4.01. The molecule has 33 heavy (non-hydrogen) atoms. The summed E-state index contributed by atoms with van der Waals surface area (Å²) in [5.74, 6) is -1.03. The summed E-state index contributed by atoms with van der Waals surface area (Å²) in [5.41, 5.74) is 3.09. The van der Waals surface area contributed by atoms with E-state index in [1.165, 1.54) is 6.07 Å². The Hall–Kier alpha value is -3.09. The first-order chi connectivity index (χ1) is 15.7. The normalized spacial score (nSPS) is 20.6. The average molecular weight is 454 g/mol. The summed E-state index contributed by atoms with van der Waals surface area (Å²) in [6.07, 6.45) is 4.69. The zero-order valence-electron chi connectivity index (χ0n) is 19.7. The van der Waals surface area contributed by atoms with Crippen molar-refractivity contribution >= 4 is 5.97 Å². The molecule has 0 fully saturated rings. The Morgan fingerprint density at radius 2 is 1.91 bits per heavy atom. The van der Waals surface area contributed by atoms with Crippen LogP contribution in [0.1, 0.15) is 60.2 Å². The minimum Gasteiger partial charge on any atom is -0.442 e. The second-order valence-corrected chi connectivity index (χ2v) is 9.36. The molecule has 3 aromatic rings. The highest BCUT2D eigenvalue weighted by molar-refractivity contribution is 5.84. The van der Waals surface area contributed by atoms with Crippen LogP contribution < -0.4 is 9.13 Å². The van der Waals surface area contributed by atoms with Crippen molar-refractivity contribution in [3.8, 4) is 11.3 Å². The number of hydrogen-bond donors (Lipinski definition) is 0. The predicted molar refractivity (Wildman–Crippen MR) is 118 cm³/mol. The van der Waals surface area contributed by atoms with Crippen molar-refractivity contribution in [1.29, 1.82) is 0 Å². The van der Waals surface area contributed by atoms with Crippen LogP contribution in [0.5, 0.6) is 0 Å². The number of ether oxygens (including phenoxy) is 1. The molecular formula is C26H29F2N3O2+2. The highest BCUT2D eigenvalue weighted by atomic mass is 19.1. The highest BCUT2D eigenvalue weighted by Gasteiger charge is 2.58. The van der Waals surface area contributed by atoms with Gasteiger partial charge >= 0.3 is 11.8 Å². The van der Waals surface area contributed by atoms with Gasteiger partial charge in [0.15, 0.2) is 6.20 Å². The van der Waals surface area contributed by atoms with Crippen LogP contribution in [0.3, 0.4) is 0 Å². The van der Waals surface area contributed by atoms with Gasteiger partial charge in [0, 0.05) is 25.1 Å². The minimum atomic E-state index is -0.613. The number of benzene rings is 1. The summed E-state index contributed by atoms with van der Waals surface area (Å²) in [5, 5.41) is 0. The van der Waals surface area contributed by atoms with E-state index in [1.807, 2.05) is 73.0 Å². The van der Waals surface area contributed by atoms with E-state index in [2.05, 4.69) is 0 Å². The molecule has 0 saturated carbocycles. The maximum atomic E-state index is 15.3. The average Bonchev–Trinajstić information content (AvgIpc) is 3.06. The molecule has 0 aliphatic carbocycles. The number of hydrogen-bond acceptors (Lipinski definition) is 2. The van der Waals surface area contributed by atoms with Gasteiger partial charge < -0.3 is 4.74 Å². The molecule has 0 saturated heterocycles. The molecule has 2 atom stereocenters. The van der Waals surface area contributed by atoms with Gasteiger partial charge in [0.1, 0.15) is 30.1 Å². The molecular weight excluding hydrogens is 424 g/mol. The quantitative estimate of drug-likeness (QED) is 0.444. The van der Waals surface area contributed by atoms with Gasteiger partial charge in [0.25, 0.3) is 0 Å². The number of fused-ring (bicyclic) bond motifs is 4. The van der Waals surface area contributed by atoms with E-state index < -0.39 is 23.2 Å². The lowest BCUT2D eigenvalue weighted by molar-refractivity contribution is -0.762. The van der Waals surface area contributed by atoms with Crippen LogP contribution in [-0.2, 0) is 23.7 Å². The Balaban J connectivity index is 1.77. The lowest BCUT2D eigenvalue weighted by Gasteiger charge is -2.43. The lowest BCUT2D eigenvalue weighted by Crippen LogP contribution is -2.65. The topological polar surface area (TPSA) is 39.0 Å². The molecule has 4 heterocycles. The number of halogens is 2. The summed E-state index contributed by atoms with van der Waals surface area (Å²) in [6, 6.07) is 6.02. The van der Waals surface area contributed by atoms with E-state index in [0.29, 0.717) is 42.0 Å². The number of aryl methyl sites for hydroxylation is 2. The van der Waals surface area contributed by atoms with E-state index in [9.17, 15) is 9.18 Å². The fourth-order valence-corrected chi connectivity index (χ4v) is 6.01. The number of aromatic nitrogens is 3. The van der Waals surface area contributed by atoms with Gasteiger partial charge in [-0.15, -0.1) is 0 Å². The molecule has 172 valence electrons. The molecule has 7 heteroatoms. The van der Waals surface area contributed by atoms with Gasteiger partial charge in [-0.05, 0) is 37.0 Å². The van der Waals surface area contributed by atoms with Crippen LogP contribution in [0.15, 0.2) is 36.7 Å². The molecule has 5 nitrogen and oxygen atoms in total. The first-order valence-corrected chi connectivity index (χ1v) is 11.5. The molecule has 2 aliphatic rings. The van der Waals surface area contributed by atoms with Crippen LogP contribution in [0.2, 0.25) is 0 Å². The summed E-state index contributed by atoms with van der Waals surface area (Å²) in [7, 11) is 1.85. The summed E-state index contributed by atoms with van der Waals surface area (Å²) in [6.45, 7) is 8.46. The zero-order chi connectivity index (χ0) is 23.7. The molecule has 2 aromatic heterocycles. The van der Waals surface area contributed by atoms with Gasteiger partial charge in [-0.25, -0.2) is 22.7 Å². The van der Waals surface area contributed by atoms with Crippen molar-refractivity contribution in [2.24, 2.45) is 7.05 Å². The van der Waals surface area contributed by atoms with Crippen LogP contribution in [0.4, 0.5) is 8.78 Å². The van der Waals surface area contributed by atoms with Crippen molar-refractivity contribution in [1.82, 2.24) is 4.57 Å². The van der Waals surface area contributed by atoms with Gasteiger partial charge in [-0.2, -0.15) is 4.57 Å². The Bertz CT molecular complexity index is 1290. The first-order valence-electron chi connectivity index (χ1n) is 11.5. The largest absolute Gasteiger partial charge is 0.442 e. The number of nitrogens with zero attached hydrogens (tertiary/aromatic N) is 3. The van der Waals surface area contributed by atoms with Crippen molar-refractivity contribution in [2.75, 3.05) is 0 Å². The summed E-state index contributed by atoms with van der Waals surface area (Å²) < 4.78 is 41.7. The fourth-order valence-electron chi connectivity index (χ4n) is 6.01. The summed E-state index contributed by atoms with van der Waals surface area (Å²) >= 11 is 0. The number of rotatable bonds is 3. The Morgan fingerprint density at radius 3 is 2.61 bits per heavy atom. The SMILES string of the molecule is CCC1(CC)c2cc(F)cc(F)c2-c2cc(C)cc[n+]2C1C1C[n+]2cc(C)n(C)c2C(=O)O1. The number of cyclic esters (lactones) is 1. The standard InChI is InChI=1S/C26H29F2N3O2/c1-6-26(7-2)18-11-17(27)12-19(28)22(18)20-10-15(3)8-9-31(20)23(26)21-14-30-13-16(4)29(5)24(30)25(32)33-21/h8-13,21,23H,6-7,14H2,1-5H3/q+2. The number of carbonyl (C=O) groups excluding carboxylic acids is 1. The van der Waals surface area contributed by atoms with Crippen LogP contribution in [-0.4, -0.2) is 16.6 Å². The Morgan fingerprint density at radius 1 is 1.18 bits per heavy atom. The maximum Gasteiger partial charge on any atom is 0.422 e. The van der Waals surface area contributed by atoms with Crippen LogP contribution in [0.25, 0.3) is 11.3 Å². The Labute approximate surface area is 192 Å². The first kappa shape index (κ1) is 21.7. The van der Waals surface area contributed by atoms with Crippen molar-refractivity contribution in [3.05, 3.63) is 70.9 Å². The monoisotopic (exact) mass is 453 g/mol. The lowest BCUT2D eigenvalue weighted by atomic mass is 9.64. The molecule has 2 unspecified atom stereocenters. The molecule has 5 rings (SSSR count). The zero-order valence-corrected chi connectivity index (χ0v) is 19.7.